The summed E-state index contributed by atoms with van der Waals surface area (Å²) in [4.78, 5) is 0. The average Bonchev–Trinajstić information content (AvgIpc) is 2.54. The van der Waals surface area contributed by atoms with E-state index < -0.39 is 6.10 Å². The van der Waals surface area contributed by atoms with Gasteiger partial charge in [-0.1, -0.05) is 6.07 Å². The Balaban J connectivity index is 1.62. The molecule has 0 aromatic heterocycles. The van der Waals surface area contributed by atoms with Crippen molar-refractivity contribution in [1.82, 2.24) is 5.32 Å². The first kappa shape index (κ1) is 15.7. The Morgan fingerprint density at radius 1 is 1.48 bits per heavy atom. The summed E-state index contributed by atoms with van der Waals surface area (Å²) in [6.45, 7) is 3.07. The zero-order chi connectivity index (χ0) is 14.9. The quantitative estimate of drug-likeness (QED) is 0.752. The maximum absolute atomic E-state index is 9.84. The van der Waals surface area contributed by atoms with Crippen LogP contribution in [0.3, 0.4) is 0 Å². The van der Waals surface area contributed by atoms with Gasteiger partial charge in [-0.05, 0) is 18.2 Å². The van der Waals surface area contributed by atoms with E-state index >= 15 is 0 Å². The van der Waals surface area contributed by atoms with E-state index in [9.17, 15) is 5.11 Å². The van der Waals surface area contributed by atoms with Crippen LogP contribution < -0.4 is 10.1 Å². The van der Waals surface area contributed by atoms with Crippen molar-refractivity contribution in [2.75, 3.05) is 39.5 Å². The lowest BCUT2D eigenvalue weighted by Crippen LogP contribution is -2.41. The van der Waals surface area contributed by atoms with Crippen molar-refractivity contribution in [3.05, 3.63) is 29.8 Å². The molecule has 6 nitrogen and oxygen atoms in total. The minimum Gasteiger partial charge on any atom is -0.491 e. The number of hydrogen-bond acceptors (Lipinski definition) is 6. The fraction of sp³-hybridized carbons (Fsp3) is 0.533. The molecule has 0 aliphatic carbocycles. The number of aliphatic hydroxyl groups is 1. The van der Waals surface area contributed by atoms with Crippen LogP contribution in [-0.4, -0.2) is 56.8 Å². The first-order valence-corrected chi connectivity index (χ1v) is 6.99. The van der Waals surface area contributed by atoms with Gasteiger partial charge in [0.05, 0.1) is 37.6 Å². The molecule has 21 heavy (non-hydrogen) atoms. The molecule has 1 aromatic carbocycles. The minimum atomic E-state index is -0.625. The number of nitrogens with zero attached hydrogens (tertiary/aromatic N) is 1. The van der Waals surface area contributed by atoms with E-state index in [1.807, 2.05) is 6.07 Å². The number of nitriles is 1. The predicted molar refractivity (Wildman–Crippen MR) is 76.1 cm³/mol. The molecule has 6 heteroatoms. The smallest absolute Gasteiger partial charge is 0.120 e. The zero-order valence-electron chi connectivity index (χ0n) is 11.8. The Labute approximate surface area is 124 Å². The number of benzene rings is 1. The van der Waals surface area contributed by atoms with Gasteiger partial charge in [0.25, 0.3) is 0 Å². The summed E-state index contributed by atoms with van der Waals surface area (Å²) >= 11 is 0. The monoisotopic (exact) mass is 292 g/mol. The van der Waals surface area contributed by atoms with Crippen molar-refractivity contribution in [2.45, 2.75) is 12.2 Å². The van der Waals surface area contributed by atoms with E-state index in [1.54, 1.807) is 24.3 Å². The second-order valence-corrected chi connectivity index (χ2v) is 4.83. The van der Waals surface area contributed by atoms with E-state index in [0.29, 0.717) is 44.2 Å². The number of ether oxygens (including phenoxy) is 3. The third-order valence-electron chi connectivity index (χ3n) is 3.04. The fourth-order valence-corrected chi connectivity index (χ4v) is 1.97. The first-order valence-electron chi connectivity index (χ1n) is 6.99. The van der Waals surface area contributed by atoms with Crippen LogP contribution in [0, 0.1) is 11.3 Å². The second-order valence-electron chi connectivity index (χ2n) is 4.83. The van der Waals surface area contributed by atoms with Gasteiger partial charge in [-0.3, -0.25) is 0 Å². The van der Waals surface area contributed by atoms with E-state index in [4.69, 9.17) is 19.5 Å². The molecule has 0 saturated carbocycles. The summed E-state index contributed by atoms with van der Waals surface area (Å²) < 4.78 is 16.2. The number of aliphatic hydroxyl groups excluding tert-OH is 1. The molecule has 2 rings (SSSR count). The maximum Gasteiger partial charge on any atom is 0.120 e. The van der Waals surface area contributed by atoms with Crippen molar-refractivity contribution in [3.8, 4) is 11.8 Å². The molecule has 0 bridgehead atoms. The van der Waals surface area contributed by atoms with Gasteiger partial charge in [0.2, 0.25) is 0 Å². The van der Waals surface area contributed by atoms with Crippen molar-refractivity contribution in [1.29, 1.82) is 5.26 Å². The molecule has 1 aliphatic heterocycles. The predicted octanol–water partition coefficient (Wildman–Crippen LogP) is 0.303. The number of rotatable bonds is 7. The zero-order valence-corrected chi connectivity index (χ0v) is 11.8. The Morgan fingerprint density at radius 3 is 3.14 bits per heavy atom. The minimum absolute atomic E-state index is 0.0409. The first-order chi connectivity index (χ1) is 10.3. The van der Waals surface area contributed by atoms with Crippen LogP contribution in [0.1, 0.15) is 5.56 Å². The summed E-state index contributed by atoms with van der Waals surface area (Å²) in [6.07, 6.45) is -0.584. The molecular formula is C15H20N2O4. The molecule has 1 aliphatic rings. The van der Waals surface area contributed by atoms with Gasteiger partial charge >= 0.3 is 0 Å². The molecule has 1 aromatic rings. The Morgan fingerprint density at radius 2 is 2.38 bits per heavy atom. The van der Waals surface area contributed by atoms with Crippen LogP contribution in [0.5, 0.6) is 5.75 Å². The molecular weight excluding hydrogens is 272 g/mol. The fourth-order valence-electron chi connectivity index (χ4n) is 1.97. The van der Waals surface area contributed by atoms with E-state index in [0.717, 1.165) is 0 Å². The number of nitrogens with one attached hydrogen (secondary N) is 1. The van der Waals surface area contributed by atoms with E-state index in [-0.39, 0.29) is 12.7 Å². The molecule has 1 saturated heterocycles. The van der Waals surface area contributed by atoms with Gasteiger partial charge in [0.1, 0.15) is 18.5 Å². The highest BCUT2D eigenvalue weighted by Gasteiger charge is 2.14. The molecule has 0 radical (unpaired) electrons. The van der Waals surface area contributed by atoms with Gasteiger partial charge < -0.3 is 24.6 Å². The molecule has 114 valence electrons. The highest BCUT2D eigenvalue weighted by Crippen LogP contribution is 2.12. The van der Waals surface area contributed by atoms with Gasteiger partial charge in [-0.15, -0.1) is 0 Å². The van der Waals surface area contributed by atoms with Crippen LogP contribution in [-0.2, 0) is 9.47 Å². The summed E-state index contributed by atoms with van der Waals surface area (Å²) in [6, 6.07) is 8.90. The number of hydrogen-bond donors (Lipinski definition) is 2. The summed E-state index contributed by atoms with van der Waals surface area (Å²) in [5.41, 5.74) is 0.537. The third-order valence-corrected chi connectivity index (χ3v) is 3.04. The van der Waals surface area contributed by atoms with E-state index in [1.165, 1.54) is 0 Å². The Kier molecular flexibility index (Phi) is 6.44. The van der Waals surface area contributed by atoms with Gasteiger partial charge in [-0.2, -0.15) is 5.26 Å². The lowest BCUT2D eigenvalue weighted by atomic mass is 10.2. The normalized spacial score (nSPS) is 19.7. The van der Waals surface area contributed by atoms with Crippen LogP contribution in [0.4, 0.5) is 0 Å². The SMILES string of the molecule is N#Cc1cccc(OCC(O)CNCC2COCCO2)c1. The largest absolute Gasteiger partial charge is 0.491 e. The highest BCUT2D eigenvalue weighted by molar-refractivity contribution is 5.36. The van der Waals surface area contributed by atoms with Crippen molar-refractivity contribution < 1.29 is 19.3 Å². The highest BCUT2D eigenvalue weighted by atomic mass is 16.6. The second kappa shape index (κ2) is 8.60. The van der Waals surface area contributed by atoms with Crippen LogP contribution in [0.2, 0.25) is 0 Å². The molecule has 0 spiro atoms. The molecule has 2 unspecified atom stereocenters. The van der Waals surface area contributed by atoms with Crippen LogP contribution in [0.15, 0.2) is 24.3 Å². The Hall–Kier alpha value is -1.65. The van der Waals surface area contributed by atoms with E-state index in [2.05, 4.69) is 5.32 Å². The summed E-state index contributed by atoms with van der Waals surface area (Å²) in [5, 5.41) is 21.8. The lowest BCUT2D eigenvalue weighted by Gasteiger charge is -2.23. The molecule has 2 N–H and O–H groups in total. The van der Waals surface area contributed by atoms with Gasteiger partial charge in [0.15, 0.2) is 0 Å². The molecule has 2 atom stereocenters. The van der Waals surface area contributed by atoms with Crippen molar-refractivity contribution in [3.63, 3.8) is 0 Å². The van der Waals surface area contributed by atoms with Crippen molar-refractivity contribution >= 4 is 0 Å². The Bertz CT molecular complexity index is 469. The average molecular weight is 292 g/mol. The standard InChI is InChI=1S/C15H20N2O4/c16-7-12-2-1-3-14(6-12)21-10-13(18)8-17-9-15-11-19-4-5-20-15/h1-3,6,13,15,17-18H,4-5,8-11H2. The summed E-state index contributed by atoms with van der Waals surface area (Å²) in [7, 11) is 0. The van der Waals surface area contributed by atoms with Crippen molar-refractivity contribution in [2.24, 2.45) is 0 Å². The maximum atomic E-state index is 9.84. The van der Waals surface area contributed by atoms with Gasteiger partial charge in [-0.25, -0.2) is 0 Å². The van der Waals surface area contributed by atoms with Crippen LogP contribution >= 0.6 is 0 Å². The van der Waals surface area contributed by atoms with Gasteiger partial charge in [0, 0.05) is 13.1 Å². The van der Waals surface area contributed by atoms with Crippen LogP contribution in [0.25, 0.3) is 0 Å². The lowest BCUT2D eigenvalue weighted by molar-refractivity contribution is -0.0869. The molecule has 1 fully saturated rings. The molecule has 1 heterocycles. The topological polar surface area (TPSA) is 83.7 Å². The molecule has 0 amide bonds. The third kappa shape index (κ3) is 5.69. The summed E-state index contributed by atoms with van der Waals surface area (Å²) in [5.74, 6) is 0.581.